The normalized spacial score (nSPS) is 11.4. The Kier molecular flexibility index (Phi) is 4.54. The third-order valence-electron chi connectivity index (χ3n) is 2.85. The fourth-order valence-corrected chi connectivity index (χ4v) is 1.79. The van der Waals surface area contributed by atoms with Gasteiger partial charge in [-0.1, -0.05) is 0 Å². The monoisotopic (exact) mass is 345 g/mol. The molecule has 0 saturated carbocycles. The van der Waals surface area contributed by atoms with E-state index in [1.807, 2.05) is 4.98 Å². The van der Waals surface area contributed by atoms with Crippen molar-refractivity contribution in [2.24, 2.45) is 0 Å². The van der Waals surface area contributed by atoms with Gasteiger partial charge in [0.2, 0.25) is 11.4 Å². The summed E-state index contributed by atoms with van der Waals surface area (Å²) >= 11 is 0. The first-order chi connectivity index (χ1) is 11.1. The molecule has 0 amide bonds. The molecule has 0 unspecified atom stereocenters. The Morgan fingerprint density at radius 3 is 2.58 bits per heavy atom. The Morgan fingerprint density at radius 1 is 1.38 bits per heavy atom. The summed E-state index contributed by atoms with van der Waals surface area (Å²) in [6, 6.07) is 1.13. The Bertz CT molecular complexity index is 868. The Balaban J connectivity index is 2.64. The van der Waals surface area contributed by atoms with Crippen molar-refractivity contribution in [2.75, 3.05) is 0 Å². The van der Waals surface area contributed by atoms with Crippen LogP contribution in [0.25, 0.3) is 4.85 Å². The van der Waals surface area contributed by atoms with Crippen LogP contribution in [0.3, 0.4) is 0 Å². The van der Waals surface area contributed by atoms with Gasteiger partial charge in [0.25, 0.3) is 17.9 Å². The molecule has 0 aliphatic carbocycles. The van der Waals surface area contributed by atoms with Gasteiger partial charge in [-0.15, -0.1) is 0 Å². The Labute approximate surface area is 131 Å². The zero-order valence-electron chi connectivity index (χ0n) is 11.9. The molecule has 0 radical (unpaired) electrons. The summed E-state index contributed by atoms with van der Waals surface area (Å²) in [4.78, 5) is 19.6. The second kappa shape index (κ2) is 6.27. The molecule has 10 heteroatoms. The van der Waals surface area contributed by atoms with Crippen molar-refractivity contribution in [3.05, 3.63) is 57.3 Å². The molecule has 126 valence electrons. The standard InChI is InChI=1S/C14H8F5N3O2/c1-14(18,19)11-10(13(23)22-5-21-11)24-8-4-6(12(16)17)3-7(20-2)9(8)15/h3-5,12H,1H3,(H,21,22,23). The van der Waals surface area contributed by atoms with E-state index < -0.39 is 52.2 Å². The van der Waals surface area contributed by atoms with Crippen molar-refractivity contribution in [3.8, 4) is 11.5 Å². The first kappa shape index (κ1) is 17.4. The van der Waals surface area contributed by atoms with Gasteiger partial charge in [0, 0.05) is 12.5 Å². The molecule has 0 atom stereocenters. The summed E-state index contributed by atoms with van der Waals surface area (Å²) in [7, 11) is 0. The molecule has 1 N–H and O–H groups in total. The minimum atomic E-state index is -3.61. The molecule has 1 heterocycles. The number of nitrogens with zero attached hydrogens (tertiary/aromatic N) is 2. The van der Waals surface area contributed by atoms with E-state index in [2.05, 4.69) is 9.83 Å². The zero-order chi connectivity index (χ0) is 18.1. The van der Waals surface area contributed by atoms with E-state index in [4.69, 9.17) is 11.3 Å². The third-order valence-corrected chi connectivity index (χ3v) is 2.85. The van der Waals surface area contributed by atoms with Crippen LogP contribution in [-0.2, 0) is 5.92 Å². The number of hydrogen-bond donors (Lipinski definition) is 1. The summed E-state index contributed by atoms with van der Waals surface area (Å²) < 4.78 is 71.4. The van der Waals surface area contributed by atoms with Crippen LogP contribution in [0.2, 0.25) is 0 Å². The van der Waals surface area contributed by atoms with E-state index in [0.29, 0.717) is 25.4 Å². The number of aromatic amines is 1. The van der Waals surface area contributed by atoms with Gasteiger partial charge in [0.05, 0.1) is 12.9 Å². The van der Waals surface area contributed by atoms with E-state index in [1.165, 1.54) is 0 Å². The minimum Gasteiger partial charge on any atom is -0.448 e. The van der Waals surface area contributed by atoms with Gasteiger partial charge in [-0.25, -0.2) is 23.0 Å². The number of alkyl halides is 4. The van der Waals surface area contributed by atoms with E-state index >= 15 is 0 Å². The predicted molar refractivity (Wildman–Crippen MR) is 72.1 cm³/mol. The van der Waals surface area contributed by atoms with Crippen LogP contribution in [0.4, 0.5) is 27.6 Å². The zero-order valence-corrected chi connectivity index (χ0v) is 11.9. The lowest BCUT2D eigenvalue weighted by Gasteiger charge is -2.15. The van der Waals surface area contributed by atoms with Gasteiger partial charge < -0.3 is 9.72 Å². The van der Waals surface area contributed by atoms with Gasteiger partial charge in [0.15, 0.2) is 17.3 Å². The molecule has 1 aromatic heterocycles. The summed E-state index contributed by atoms with van der Waals surface area (Å²) in [6.07, 6.45) is -2.37. The first-order valence-electron chi connectivity index (χ1n) is 6.28. The largest absolute Gasteiger partial charge is 0.448 e. The summed E-state index contributed by atoms with van der Waals surface area (Å²) in [5.41, 5.74) is -3.82. The number of benzene rings is 1. The van der Waals surface area contributed by atoms with Gasteiger partial charge >= 0.3 is 0 Å². The fourth-order valence-electron chi connectivity index (χ4n) is 1.79. The molecule has 0 fully saturated rings. The van der Waals surface area contributed by atoms with Crippen LogP contribution in [0.1, 0.15) is 24.6 Å². The number of ether oxygens (including phenoxy) is 1. The van der Waals surface area contributed by atoms with Crippen LogP contribution >= 0.6 is 0 Å². The van der Waals surface area contributed by atoms with E-state index in [0.717, 1.165) is 0 Å². The summed E-state index contributed by atoms with van der Waals surface area (Å²) in [5.74, 6) is -6.97. The highest BCUT2D eigenvalue weighted by molar-refractivity contribution is 5.55. The highest BCUT2D eigenvalue weighted by Crippen LogP contribution is 2.37. The molecule has 1 aromatic carbocycles. The average Bonchev–Trinajstić information content (AvgIpc) is 2.49. The Hall–Kier alpha value is -2.96. The molecule has 0 saturated heterocycles. The highest BCUT2D eigenvalue weighted by Gasteiger charge is 2.33. The van der Waals surface area contributed by atoms with Crippen molar-refractivity contribution in [1.82, 2.24) is 9.97 Å². The van der Waals surface area contributed by atoms with Crippen molar-refractivity contribution in [2.45, 2.75) is 19.3 Å². The molecule has 5 nitrogen and oxygen atoms in total. The summed E-state index contributed by atoms with van der Waals surface area (Å²) in [6.45, 7) is 7.20. The van der Waals surface area contributed by atoms with Crippen molar-refractivity contribution in [1.29, 1.82) is 0 Å². The molecule has 2 aromatic rings. The molecule has 2 rings (SSSR count). The first-order valence-corrected chi connectivity index (χ1v) is 6.28. The predicted octanol–water partition coefficient (Wildman–Crippen LogP) is 4.30. The quantitative estimate of drug-likeness (QED) is 0.664. The van der Waals surface area contributed by atoms with E-state index in [-0.39, 0.29) is 0 Å². The van der Waals surface area contributed by atoms with Gasteiger partial charge in [0.1, 0.15) is 0 Å². The highest BCUT2D eigenvalue weighted by atomic mass is 19.3. The van der Waals surface area contributed by atoms with Crippen LogP contribution in [0.5, 0.6) is 11.5 Å². The number of halogens is 5. The molecule has 0 spiro atoms. The smallest absolute Gasteiger partial charge is 0.294 e. The maximum absolute atomic E-state index is 14.1. The molecule has 0 bridgehead atoms. The van der Waals surface area contributed by atoms with Gasteiger partial charge in [-0.2, -0.15) is 8.78 Å². The molecule has 24 heavy (non-hydrogen) atoms. The maximum atomic E-state index is 14.1. The lowest BCUT2D eigenvalue weighted by atomic mass is 10.2. The van der Waals surface area contributed by atoms with E-state index in [9.17, 15) is 26.7 Å². The molecular weight excluding hydrogens is 337 g/mol. The number of aromatic nitrogens is 2. The van der Waals surface area contributed by atoms with Crippen LogP contribution < -0.4 is 10.3 Å². The maximum Gasteiger partial charge on any atom is 0.294 e. The second-order valence-electron chi connectivity index (χ2n) is 4.66. The van der Waals surface area contributed by atoms with Crippen molar-refractivity contribution >= 4 is 5.69 Å². The minimum absolute atomic E-state index is 0.429. The number of rotatable bonds is 4. The Morgan fingerprint density at radius 2 is 2.04 bits per heavy atom. The van der Waals surface area contributed by atoms with E-state index in [1.54, 1.807) is 0 Å². The molecular formula is C14H8F5N3O2. The third kappa shape index (κ3) is 3.34. The lowest BCUT2D eigenvalue weighted by Crippen LogP contribution is -2.19. The second-order valence-corrected chi connectivity index (χ2v) is 4.66. The van der Waals surface area contributed by atoms with Crippen LogP contribution in [-0.4, -0.2) is 9.97 Å². The number of hydrogen-bond acceptors (Lipinski definition) is 3. The SMILES string of the molecule is [C-]#[N+]c1cc(C(F)F)cc(Oc2c(C(C)(F)F)nc[nH]c2=O)c1F. The average molecular weight is 345 g/mol. The topological polar surface area (TPSA) is 59.3 Å². The molecule has 0 aliphatic rings. The van der Waals surface area contributed by atoms with Crippen molar-refractivity contribution in [3.63, 3.8) is 0 Å². The number of H-pyrrole nitrogens is 1. The lowest BCUT2D eigenvalue weighted by molar-refractivity contribution is 0.0102. The number of nitrogens with one attached hydrogen (secondary N) is 1. The van der Waals surface area contributed by atoms with Crippen LogP contribution in [0, 0.1) is 12.4 Å². The van der Waals surface area contributed by atoms with Crippen molar-refractivity contribution < 1.29 is 26.7 Å². The van der Waals surface area contributed by atoms with Gasteiger partial charge in [-0.05, 0) is 12.1 Å². The fraction of sp³-hybridized carbons (Fsp3) is 0.214. The van der Waals surface area contributed by atoms with Gasteiger partial charge in [-0.3, -0.25) is 4.79 Å². The summed E-state index contributed by atoms with van der Waals surface area (Å²) in [5, 5.41) is 0. The van der Waals surface area contributed by atoms with Crippen LogP contribution in [0.15, 0.2) is 23.3 Å². The molecule has 0 aliphatic heterocycles.